The van der Waals surface area contributed by atoms with Gasteiger partial charge in [-0.25, -0.2) is 0 Å². The van der Waals surface area contributed by atoms with E-state index in [0.29, 0.717) is 30.6 Å². The second-order valence-electron chi connectivity index (χ2n) is 11.7. The average molecular weight is 582 g/mol. The Hall–Kier alpha value is -4.56. The Bertz CT molecular complexity index is 1750. The molecule has 0 saturated carbocycles. The SMILES string of the molecule is CN(C)CCN1C(=O)c2ccc3c4c(c(C#Cc5ccc(CN(C)C)c(O)c5)cc(c24)C1=O)C(=O)N(CCN(C)C)C3=O. The van der Waals surface area contributed by atoms with Gasteiger partial charge in [0, 0.05) is 76.9 Å². The van der Waals surface area contributed by atoms with Gasteiger partial charge in [0.15, 0.2) is 0 Å². The molecule has 2 aliphatic rings. The minimum Gasteiger partial charge on any atom is -0.508 e. The van der Waals surface area contributed by atoms with Gasteiger partial charge in [-0.2, -0.15) is 0 Å². The number of imide groups is 2. The van der Waals surface area contributed by atoms with Gasteiger partial charge in [-0.3, -0.25) is 29.0 Å². The van der Waals surface area contributed by atoms with Crippen molar-refractivity contribution < 1.29 is 24.3 Å². The lowest BCUT2D eigenvalue weighted by Crippen LogP contribution is -2.46. The molecule has 0 radical (unpaired) electrons. The Morgan fingerprint density at radius 2 is 1.21 bits per heavy atom. The van der Waals surface area contributed by atoms with Crippen LogP contribution in [0.15, 0.2) is 36.4 Å². The van der Waals surface area contributed by atoms with E-state index in [9.17, 15) is 24.3 Å². The third-order valence-electron chi connectivity index (χ3n) is 7.62. The smallest absolute Gasteiger partial charge is 0.262 e. The van der Waals surface area contributed by atoms with Crippen molar-refractivity contribution in [2.75, 3.05) is 68.5 Å². The van der Waals surface area contributed by atoms with E-state index in [4.69, 9.17) is 0 Å². The van der Waals surface area contributed by atoms with E-state index >= 15 is 0 Å². The van der Waals surface area contributed by atoms with E-state index in [1.807, 2.05) is 57.0 Å². The van der Waals surface area contributed by atoms with Gasteiger partial charge in [0.1, 0.15) is 5.75 Å². The number of phenolic OH excluding ortho intramolecular Hbond substituents is 1. The number of amides is 4. The zero-order valence-electron chi connectivity index (χ0n) is 25.3. The predicted octanol–water partition coefficient (Wildman–Crippen LogP) is 2.32. The van der Waals surface area contributed by atoms with Crippen LogP contribution in [0.2, 0.25) is 0 Å². The number of aromatic hydroxyl groups is 1. The Balaban J connectivity index is 1.71. The minimum atomic E-state index is -0.522. The molecule has 0 saturated heterocycles. The van der Waals surface area contributed by atoms with Crippen molar-refractivity contribution in [1.82, 2.24) is 24.5 Å². The fourth-order valence-electron chi connectivity index (χ4n) is 5.43. The van der Waals surface area contributed by atoms with E-state index < -0.39 is 23.6 Å². The van der Waals surface area contributed by atoms with Crippen molar-refractivity contribution >= 4 is 34.4 Å². The van der Waals surface area contributed by atoms with Crippen LogP contribution in [0.1, 0.15) is 58.1 Å². The summed E-state index contributed by atoms with van der Waals surface area (Å²) >= 11 is 0. The molecular formula is C33H35N5O5. The van der Waals surface area contributed by atoms with Crippen LogP contribution in [0.3, 0.4) is 0 Å². The molecule has 3 aromatic carbocycles. The molecule has 10 heteroatoms. The van der Waals surface area contributed by atoms with Crippen molar-refractivity contribution in [3.8, 4) is 17.6 Å². The lowest BCUT2D eigenvalue weighted by atomic mass is 9.83. The Morgan fingerprint density at radius 1 is 0.651 bits per heavy atom. The quantitative estimate of drug-likeness (QED) is 0.319. The normalized spacial score (nSPS) is 14.4. The summed E-state index contributed by atoms with van der Waals surface area (Å²) in [4.78, 5) is 63.0. The highest BCUT2D eigenvalue weighted by Crippen LogP contribution is 2.39. The summed E-state index contributed by atoms with van der Waals surface area (Å²) in [7, 11) is 11.2. The Kier molecular flexibility index (Phi) is 8.08. The molecule has 0 atom stereocenters. The topological polar surface area (TPSA) is 105 Å². The van der Waals surface area contributed by atoms with Crippen LogP contribution >= 0.6 is 0 Å². The Labute approximate surface area is 251 Å². The summed E-state index contributed by atoms with van der Waals surface area (Å²) in [5.41, 5.74) is 2.49. The second-order valence-corrected chi connectivity index (χ2v) is 11.7. The van der Waals surface area contributed by atoms with Gasteiger partial charge >= 0.3 is 0 Å². The number of hydrogen-bond donors (Lipinski definition) is 1. The maximum absolute atomic E-state index is 14.0. The minimum absolute atomic E-state index is 0.101. The first-order valence-corrected chi connectivity index (χ1v) is 14.0. The second kappa shape index (κ2) is 11.6. The molecule has 43 heavy (non-hydrogen) atoms. The summed E-state index contributed by atoms with van der Waals surface area (Å²) in [5.74, 6) is 4.25. The van der Waals surface area contributed by atoms with Gasteiger partial charge < -0.3 is 19.8 Å². The molecule has 0 aliphatic carbocycles. The van der Waals surface area contributed by atoms with E-state index in [1.165, 1.54) is 9.80 Å². The highest BCUT2D eigenvalue weighted by molar-refractivity contribution is 6.34. The lowest BCUT2D eigenvalue weighted by molar-refractivity contribution is 0.0579. The van der Waals surface area contributed by atoms with Crippen LogP contribution in [0.4, 0.5) is 0 Å². The lowest BCUT2D eigenvalue weighted by Gasteiger charge is -2.33. The largest absolute Gasteiger partial charge is 0.508 e. The van der Waals surface area contributed by atoms with Crippen LogP contribution in [0, 0.1) is 11.8 Å². The number of likely N-dealkylation sites (N-methyl/N-ethyl adjacent to an activating group) is 2. The molecule has 0 bridgehead atoms. The molecule has 10 nitrogen and oxygen atoms in total. The maximum Gasteiger partial charge on any atom is 0.262 e. The van der Waals surface area contributed by atoms with Crippen LogP contribution in [0.5, 0.6) is 5.75 Å². The molecular weight excluding hydrogens is 546 g/mol. The first-order chi connectivity index (χ1) is 20.4. The van der Waals surface area contributed by atoms with Crippen molar-refractivity contribution in [3.63, 3.8) is 0 Å². The van der Waals surface area contributed by atoms with Crippen molar-refractivity contribution in [2.45, 2.75) is 6.54 Å². The fraction of sp³-hybridized carbons (Fsp3) is 0.333. The molecule has 2 heterocycles. The van der Waals surface area contributed by atoms with E-state index in [0.717, 1.165) is 5.56 Å². The molecule has 0 fully saturated rings. The molecule has 3 aromatic rings. The van der Waals surface area contributed by atoms with Gasteiger partial charge in [0.05, 0.1) is 5.56 Å². The van der Waals surface area contributed by atoms with Crippen LogP contribution < -0.4 is 0 Å². The summed E-state index contributed by atoms with van der Waals surface area (Å²) in [6.45, 7) is 1.84. The monoisotopic (exact) mass is 581 g/mol. The number of carbonyl (C=O) groups excluding carboxylic acids is 4. The van der Waals surface area contributed by atoms with Gasteiger partial charge in [0.2, 0.25) is 0 Å². The number of benzene rings is 3. The molecule has 1 N–H and O–H groups in total. The first kappa shape index (κ1) is 29.9. The molecule has 2 aliphatic heterocycles. The molecule has 0 spiro atoms. The fourth-order valence-corrected chi connectivity index (χ4v) is 5.43. The van der Waals surface area contributed by atoms with Gasteiger partial charge in [-0.15, -0.1) is 0 Å². The van der Waals surface area contributed by atoms with Gasteiger partial charge in [-0.05, 0) is 72.6 Å². The standard InChI is InChI=1S/C33H35N5O5/c1-34(2)13-15-37-30(40)23-11-12-24-29-27(33(43)38(31(24)41)16-14-35(3)4)21(18-25(28(23)29)32(37)42)9-7-20-8-10-22(19-36(5)6)26(39)17-20/h8,10-12,17-18,39H,13-16,19H2,1-6H3. The van der Waals surface area contributed by atoms with E-state index in [2.05, 4.69) is 11.8 Å². The van der Waals surface area contributed by atoms with Gasteiger partial charge in [-0.1, -0.05) is 17.9 Å². The summed E-state index contributed by atoms with van der Waals surface area (Å²) in [6.07, 6.45) is 0. The number of nitrogens with zero attached hydrogens (tertiary/aromatic N) is 5. The highest BCUT2D eigenvalue weighted by Gasteiger charge is 2.41. The van der Waals surface area contributed by atoms with E-state index in [1.54, 1.807) is 36.4 Å². The van der Waals surface area contributed by atoms with Crippen LogP contribution in [-0.4, -0.2) is 122 Å². The van der Waals surface area contributed by atoms with Crippen molar-refractivity contribution in [1.29, 1.82) is 0 Å². The molecule has 4 amide bonds. The predicted molar refractivity (Wildman–Crippen MR) is 163 cm³/mol. The number of carbonyl (C=O) groups is 4. The van der Waals surface area contributed by atoms with Gasteiger partial charge in [0.25, 0.3) is 23.6 Å². The zero-order valence-corrected chi connectivity index (χ0v) is 25.3. The van der Waals surface area contributed by atoms with Crippen molar-refractivity contribution in [3.05, 3.63) is 75.3 Å². The van der Waals surface area contributed by atoms with Crippen molar-refractivity contribution in [2.24, 2.45) is 0 Å². The average Bonchev–Trinajstić information content (AvgIpc) is 2.94. The third kappa shape index (κ3) is 5.50. The number of rotatable bonds is 8. The zero-order chi connectivity index (χ0) is 31.2. The van der Waals surface area contributed by atoms with E-state index in [-0.39, 0.29) is 52.0 Å². The summed E-state index contributed by atoms with van der Waals surface area (Å²) in [6, 6.07) is 9.85. The summed E-state index contributed by atoms with van der Waals surface area (Å²) < 4.78 is 0. The molecule has 0 unspecified atom stereocenters. The maximum atomic E-state index is 14.0. The van der Waals surface area contributed by atoms with Crippen LogP contribution in [0.25, 0.3) is 10.8 Å². The van der Waals surface area contributed by atoms with Crippen LogP contribution in [-0.2, 0) is 6.54 Å². The molecule has 0 aromatic heterocycles. The third-order valence-corrected chi connectivity index (χ3v) is 7.62. The number of phenols is 1. The molecule has 222 valence electrons. The summed E-state index contributed by atoms with van der Waals surface area (Å²) in [5, 5.41) is 11.2. The Morgan fingerprint density at radius 3 is 1.77 bits per heavy atom. The highest BCUT2D eigenvalue weighted by atomic mass is 16.3. The first-order valence-electron chi connectivity index (χ1n) is 14.0. The molecule has 5 rings (SSSR count). The number of hydrogen-bond acceptors (Lipinski definition) is 8.